The third kappa shape index (κ3) is 0.778. The van der Waals surface area contributed by atoms with E-state index in [4.69, 9.17) is 0 Å². The molecule has 10 heavy (non-hydrogen) atoms. The smallest absolute Gasteiger partial charge is 0.230 e. The highest BCUT2D eigenvalue weighted by Crippen LogP contribution is 2.29. The topological polar surface area (TPSA) is 29.2 Å². The van der Waals surface area contributed by atoms with Crippen LogP contribution in [0.3, 0.4) is 0 Å². The minimum Gasteiger partial charge on any atom is -0.245 e. The summed E-state index contributed by atoms with van der Waals surface area (Å²) in [5.41, 5.74) is 0. The van der Waals surface area contributed by atoms with Gasteiger partial charge in [0.1, 0.15) is 0 Å². The lowest BCUT2D eigenvalue weighted by atomic mass is 10.3. The van der Waals surface area contributed by atoms with Crippen molar-refractivity contribution < 1.29 is 4.90 Å². The second-order valence-corrected chi connectivity index (χ2v) is 3.07. The van der Waals surface area contributed by atoms with Crippen LogP contribution in [0.15, 0.2) is 10.2 Å². The first-order chi connectivity index (χ1) is 4.79. The van der Waals surface area contributed by atoms with Crippen molar-refractivity contribution in [2.75, 3.05) is 7.05 Å². The molecular weight excluding hydrogens is 126 g/mol. The van der Waals surface area contributed by atoms with E-state index in [1.165, 1.54) is 23.6 Å². The van der Waals surface area contributed by atoms with Crippen LogP contribution in [0.5, 0.6) is 0 Å². The molecule has 1 fully saturated rings. The summed E-state index contributed by atoms with van der Waals surface area (Å²) in [5.74, 6) is 3.10. The Labute approximate surface area is 60.4 Å². The van der Waals surface area contributed by atoms with E-state index in [1.807, 2.05) is 6.92 Å². The fourth-order valence-electron chi connectivity index (χ4n) is 1.21. The van der Waals surface area contributed by atoms with Crippen LogP contribution in [0, 0.1) is 5.92 Å². The van der Waals surface area contributed by atoms with E-state index >= 15 is 0 Å². The first-order valence-corrected chi connectivity index (χ1v) is 3.75. The van der Waals surface area contributed by atoms with Crippen LogP contribution < -0.4 is 4.90 Å². The standard InChI is InChI=1S/C7H11N3/c1-5-8-9-7(10(5)2)6-3-4-6/h6H,3-4H2,1-2H3/p+1. The van der Waals surface area contributed by atoms with E-state index < -0.39 is 0 Å². The maximum atomic E-state index is 4.13. The first-order valence-electron chi connectivity index (χ1n) is 3.75. The van der Waals surface area contributed by atoms with Crippen LogP contribution in [-0.4, -0.2) is 18.7 Å². The SMILES string of the molecule is CC1=NN=C(C2CC2)[NH+]1C. The third-order valence-electron chi connectivity index (χ3n) is 2.20. The Morgan fingerprint density at radius 2 is 2.10 bits per heavy atom. The lowest BCUT2D eigenvalue weighted by Gasteiger charge is -2.04. The van der Waals surface area contributed by atoms with Gasteiger partial charge in [-0.15, -0.1) is 0 Å². The molecule has 1 aliphatic heterocycles. The van der Waals surface area contributed by atoms with Crippen LogP contribution in [0.4, 0.5) is 0 Å². The van der Waals surface area contributed by atoms with Gasteiger partial charge in [-0.3, -0.25) is 0 Å². The molecule has 54 valence electrons. The average molecular weight is 138 g/mol. The number of amidine groups is 2. The van der Waals surface area contributed by atoms with E-state index in [9.17, 15) is 0 Å². The molecule has 0 saturated heterocycles. The quantitative estimate of drug-likeness (QED) is 0.513. The minimum atomic E-state index is 0.751. The molecule has 0 aromatic carbocycles. The second kappa shape index (κ2) is 1.89. The van der Waals surface area contributed by atoms with Crippen LogP contribution >= 0.6 is 0 Å². The average Bonchev–Trinajstić information content (AvgIpc) is 2.67. The normalized spacial score (nSPS) is 32.0. The molecule has 0 aromatic rings. The highest BCUT2D eigenvalue weighted by Gasteiger charge is 2.37. The predicted octanol–water partition coefficient (Wildman–Crippen LogP) is -0.343. The molecule has 1 heterocycles. The van der Waals surface area contributed by atoms with E-state index in [0.29, 0.717) is 0 Å². The zero-order valence-corrected chi connectivity index (χ0v) is 6.39. The van der Waals surface area contributed by atoms with Gasteiger partial charge in [-0.25, -0.2) is 4.90 Å². The Morgan fingerprint density at radius 3 is 2.50 bits per heavy atom. The molecule has 1 aliphatic carbocycles. The Bertz CT molecular complexity index is 213. The molecule has 1 unspecified atom stereocenters. The summed E-state index contributed by atoms with van der Waals surface area (Å²) >= 11 is 0. The zero-order chi connectivity index (χ0) is 7.14. The van der Waals surface area contributed by atoms with E-state index in [1.54, 1.807) is 0 Å². The van der Waals surface area contributed by atoms with Gasteiger partial charge in [-0.2, -0.15) is 0 Å². The summed E-state index contributed by atoms with van der Waals surface area (Å²) in [6, 6.07) is 0. The third-order valence-corrected chi connectivity index (χ3v) is 2.20. The molecule has 3 heteroatoms. The summed E-state index contributed by atoms with van der Waals surface area (Å²) in [4.78, 5) is 1.31. The Hall–Kier alpha value is -0.700. The lowest BCUT2D eigenvalue weighted by molar-refractivity contribution is -0.675. The maximum Gasteiger partial charge on any atom is 0.230 e. The van der Waals surface area contributed by atoms with Crippen molar-refractivity contribution in [2.24, 2.45) is 16.1 Å². The Kier molecular flexibility index (Phi) is 1.14. The first kappa shape index (κ1) is 6.04. The van der Waals surface area contributed by atoms with Gasteiger partial charge in [-0.1, -0.05) is 10.2 Å². The molecule has 1 saturated carbocycles. The van der Waals surface area contributed by atoms with Crippen LogP contribution in [0.1, 0.15) is 19.8 Å². The van der Waals surface area contributed by atoms with E-state index in [-0.39, 0.29) is 0 Å². The molecule has 0 aromatic heterocycles. The van der Waals surface area contributed by atoms with Gasteiger partial charge in [0.15, 0.2) is 0 Å². The maximum absolute atomic E-state index is 4.13. The number of rotatable bonds is 1. The summed E-state index contributed by atoms with van der Waals surface area (Å²) in [5, 5.41) is 8.15. The number of quaternary nitrogens is 1. The Morgan fingerprint density at radius 1 is 1.40 bits per heavy atom. The summed E-state index contributed by atoms with van der Waals surface area (Å²) in [6.07, 6.45) is 2.64. The fourth-order valence-corrected chi connectivity index (χ4v) is 1.21. The van der Waals surface area contributed by atoms with Gasteiger partial charge in [0, 0.05) is 6.92 Å². The second-order valence-electron chi connectivity index (χ2n) is 3.07. The highest BCUT2D eigenvalue weighted by atomic mass is 15.4. The number of hydrogen-bond acceptors (Lipinski definition) is 2. The van der Waals surface area contributed by atoms with Gasteiger partial charge >= 0.3 is 0 Å². The van der Waals surface area contributed by atoms with Crippen LogP contribution in [0.2, 0.25) is 0 Å². The number of hydrogen-bond donors (Lipinski definition) is 1. The number of nitrogens with zero attached hydrogens (tertiary/aromatic N) is 2. The molecule has 0 spiro atoms. The molecule has 0 bridgehead atoms. The van der Waals surface area contributed by atoms with Crippen molar-refractivity contribution in [1.82, 2.24) is 0 Å². The molecule has 3 nitrogen and oxygen atoms in total. The van der Waals surface area contributed by atoms with Gasteiger partial charge in [0.25, 0.3) is 0 Å². The molecule has 2 aliphatic rings. The molecule has 1 N–H and O–H groups in total. The zero-order valence-electron chi connectivity index (χ0n) is 6.39. The molecule has 0 amide bonds. The summed E-state index contributed by atoms with van der Waals surface area (Å²) in [6.45, 7) is 2.02. The van der Waals surface area contributed by atoms with Crippen molar-refractivity contribution in [2.45, 2.75) is 19.8 Å². The van der Waals surface area contributed by atoms with E-state index in [0.717, 1.165) is 11.8 Å². The summed E-state index contributed by atoms with van der Waals surface area (Å²) < 4.78 is 0. The van der Waals surface area contributed by atoms with E-state index in [2.05, 4.69) is 17.3 Å². The van der Waals surface area contributed by atoms with Crippen molar-refractivity contribution >= 4 is 11.7 Å². The fraction of sp³-hybridized carbons (Fsp3) is 0.714. The molecule has 1 atom stereocenters. The monoisotopic (exact) mass is 138 g/mol. The lowest BCUT2D eigenvalue weighted by Crippen LogP contribution is -3.13. The van der Waals surface area contributed by atoms with Crippen molar-refractivity contribution in [1.29, 1.82) is 0 Å². The highest BCUT2D eigenvalue weighted by molar-refractivity contribution is 5.91. The predicted molar refractivity (Wildman–Crippen MR) is 40.2 cm³/mol. The van der Waals surface area contributed by atoms with Gasteiger partial charge in [0.05, 0.1) is 13.0 Å². The summed E-state index contributed by atoms with van der Waals surface area (Å²) in [7, 11) is 2.11. The Balaban J connectivity index is 2.14. The number of nitrogens with one attached hydrogen (secondary N) is 1. The van der Waals surface area contributed by atoms with Crippen molar-refractivity contribution in [3.8, 4) is 0 Å². The van der Waals surface area contributed by atoms with Crippen LogP contribution in [-0.2, 0) is 0 Å². The molecule has 2 rings (SSSR count). The van der Waals surface area contributed by atoms with Crippen LogP contribution in [0.25, 0.3) is 0 Å². The van der Waals surface area contributed by atoms with Crippen molar-refractivity contribution in [3.63, 3.8) is 0 Å². The van der Waals surface area contributed by atoms with Gasteiger partial charge in [0.2, 0.25) is 11.7 Å². The van der Waals surface area contributed by atoms with Gasteiger partial charge in [-0.05, 0) is 12.8 Å². The largest absolute Gasteiger partial charge is 0.245 e. The van der Waals surface area contributed by atoms with Gasteiger partial charge < -0.3 is 0 Å². The molecular formula is C7H12N3+. The van der Waals surface area contributed by atoms with Crippen molar-refractivity contribution in [3.05, 3.63) is 0 Å². The minimum absolute atomic E-state index is 0.751. The molecule has 0 radical (unpaired) electrons.